The van der Waals surface area contributed by atoms with Crippen LogP contribution in [0.1, 0.15) is 6.92 Å². The molecule has 1 atom stereocenters. The van der Waals surface area contributed by atoms with Gasteiger partial charge >= 0.3 is 6.18 Å². The number of morpholine rings is 1. The first kappa shape index (κ1) is 21.4. The van der Waals surface area contributed by atoms with Crippen molar-refractivity contribution in [2.75, 3.05) is 24.7 Å². The fourth-order valence-corrected chi connectivity index (χ4v) is 4.12. The van der Waals surface area contributed by atoms with Crippen molar-refractivity contribution in [3.05, 3.63) is 30.3 Å². The van der Waals surface area contributed by atoms with Gasteiger partial charge in [0.2, 0.25) is 5.95 Å². The monoisotopic (exact) mass is 464 g/mol. The van der Waals surface area contributed by atoms with Gasteiger partial charge < -0.3 is 9.64 Å². The van der Waals surface area contributed by atoms with Crippen molar-refractivity contribution in [2.24, 2.45) is 7.05 Å². The number of pyridine rings is 1. The van der Waals surface area contributed by atoms with E-state index in [9.17, 15) is 17.6 Å². The molecule has 1 aliphatic heterocycles. The SMILES string of the molecule is CC1COCCN1c1cc(-c2cc(F)nn2C)nc2c(-c3ccn[nH]3)nn(CC(F)(F)F)c12. The molecule has 1 unspecified atom stereocenters. The summed E-state index contributed by atoms with van der Waals surface area (Å²) in [4.78, 5) is 6.59. The molecule has 0 radical (unpaired) electrons. The van der Waals surface area contributed by atoms with E-state index in [0.29, 0.717) is 42.5 Å². The lowest BCUT2D eigenvalue weighted by Crippen LogP contribution is -2.44. The lowest BCUT2D eigenvalue weighted by atomic mass is 10.1. The van der Waals surface area contributed by atoms with E-state index in [4.69, 9.17) is 4.74 Å². The molecule has 0 spiro atoms. The summed E-state index contributed by atoms with van der Waals surface area (Å²) in [7, 11) is 1.57. The second-order valence-electron chi connectivity index (χ2n) is 7.91. The van der Waals surface area contributed by atoms with Crippen LogP contribution in [0.3, 0.4) is 0 Å². The Morgan fingerprint density at radius 1 is 1.24 bits per heavy atom. The summed E-state index contributed by atoms with van der Waals surface area (Å²) in [5.74, 6) is -0.683. The Labute approximate surface area is 185 Å². The van der Waals surface area contributed by atoms with Crippen molar-refractivity contribution < 1.29 is 22.3 Å². The van der Waals surface area contributed by atoms with Gasteiger partial charge in [-0.05, 0) is 19.1 Å². The maximum absolute atomic E-state index is 13.9. The van der Waals surface area contributed by atoms with Gasteiger partial charge in [0.1, 0.15) is 23.3 Å². The summed E-state index contributed by atoms with van der Waals surface area (Å²) in [6.07, 6.45) is -3.02. The van der Waals surface area contributed by atoms with Crippen LogP contribution in [-0.2, 0) is 18.3 Å². The van der Waals surface area contributed by atoms with E-state index < -0.39 is 18.7 Å². The molecule has 0 aliphatic carbocycles. The number of hydrogen-bond donors (Lipinski definition) is 1. The van der Waals surface area contributed by atoms with Gasteiger partial charge in [-0.25, -0.2) is 4.98 Å². The van der Waals surface area contributed by atoms with Gasteiger partial charge in [-0.2, -0.15) is 27.8 Å². The summed E-state index contributed by atoms with van der Waals surface area (Å²) in [6.45, 7) is 1.95. The first-order valence-corrected chi connectivity index (χ1v) is 10.2. The highest BCUT2D eigenvalue weighted by atomic mass is 19.4. The number of halogens is 4. The fourth-order valence-electron chi connectivity index (χ4n) is 4.12. The van der Waals surface area contributed by atoms with Crippen molar-refractivity contribution in [3.8, 4) is 22.8 Å². The highest BCUT2D eigenvalue weighted by Crippen LogP contribution is 2.38. The van der Waals surface area contributed by atoms with E-state index in [-0.39, 0.29) is 22.8 Å². The van der Waals surface area contributed by atoms with Gasteiger partial charge in [-0.1, -0.05) is 0 Å². The summed E-state index contributed by atoms with van der Waals surface area (Å²) < 4.78 is 62.1. The number of fused-ring (bicyclic) bond motifs is 1. The van der Waals surface area contributed by atoms with Crippen LogP contribution in [0, 0.1) is 5.95 Å². The molecule has 1 fully saturated rings. The fraction of sp³-hybridized carbons (Fsp3) is 0.400. The van der Waals surface area contributed by atoms with Crippen molar-refractivity contribution in [2.45, 2.75) is 25.7 Å². The normalized spacial score (nSPS) is 17.3. The molecule has 0 amide bonds. The van der Waals surface area contributed by atoms with Crippen LogP contribution in [0.25, 0.3) is 33.8 Å². The number of aromatic nitrogens is 7. The van der Waals surface area contributed by atoms with Gasteiger partial charge in [0.05, 0.1) is 36.0 Å². The quantitative estimate of drug-likeness (QED) is 0.467. The third-order valence-corrected chi connectivity index (χ3v) is 5.55. The smallest absolute Gasteiger partial charge is 0.377 e. The molecule has 1 aliphatic rings. The molecule has 9 nitrogen and oxygen atoms in total. The van der Waals surface area contributed by atoms with E-state index >= 15 is 0 Å². The van der Waals surface area contributed by atoms with Crippen LogP contribution < -0.4 is 4.90 Å². The number of aromatic amines is 1. The van der Waals surface area contributed by atoms with Crippen LogP contribution in [-0.4, -0.2) is 66.7 Å². The number of hydrogen-bond acceptors (Lipinski definition) is 6. The zero-order valence-corrected chi connectivity index (χ0v) is 17.8. The Morgan fingerprint density at radius 3 is 2.70 bits per heavy atom. The van der Waals surface area contributed by atoms with Gasteiger partial charge in [-0.15, -0.1) is 5.10 Å². The molecular weight excluding hydrogens is 444 g/mol. The predicted octanol–water partition coefficient (Wildman–Crippen LogP) is 3.15. The Hall–Kier alpha value is -3.48. The zero-order valence-electron chi connectivity index (χ0n) is 17.8. The lowest BCUT2D eigenvalue weighted by Gasteiger charge is -2.35. The number of ether oxygens (including phenoxy) is 1. The first-order chi connectivity index (χ1) is 15.7. The molecule has 5 heterocycles. The molecule has 33 heavy (non-hydrogen) atoms. The second-order valence-corrected chi connectivity index (χ2v) is 7.91. The Balaban J connectivity index is 1.83. The number of nitrogens with zero attached hydrogens (tertiary/aromatic N) is 7. The number of anilines is 1. The summed E-state index contributed by atoms with van der Waals surface area (Å²) in [6, 6.07) is 4.39. The molecule has 1 saturated heterocycles. The predicted molar refractivity (Wildman–Crippen MR) is 111 cm³/mol. The zero-order chi connectivity index (χ0) is 23.3. The third kappa shape index (κ3) is 3.92. The van der Waals surface area contributed by atoms with Gasteiger partial charge in [-0.3, -0.25) is 14.5 Å². The third-order valence-electron chi connectivity index (χ3n) is 5.55. The van der Waals surface area contributed by atoms with Gasteiger partial charge in [0, 0.05) is 31.9 Å². The highest BCUT2D eigenvalue weighted by Gasteiger charge is 2.33. The molecule has 5 rings (SSSR count). The molecule has 174 valence electrons. The summed E-state index contributed by atoms with van der Waals surface area (Å²) >= 11 is 0. The molecule has 4 aromatic rings. The molecular formula is C20H20F4N8O. The number of rotatable bonds is 4. The molecule has 0 bridgehead atoms. The summed E-state index contributed by atoms with van der Waals surface area (Å²) in [5, 5.41) is 14.7. The van der Waals surface area contributed by atoms with Crippen LogP contribution in [0.5, 0.6) is 0 Å². The van der Waals surface area contributed by atoms with Gasteiger partial charge in [0.15, 0.2) is 0 Å². The minimum atomic E-state index is -4.50. The number of nitrogens with one attached hydrogen (secondary N) is 1. The number of alkyl halides is 3. The Bertz CT molecular complexity index is 1290. The molecule has 0 saturated carbocycles. The first-order valence-electron chi connectivity index (χ1n) is 10.2. The number of H-pyrrole nitrogens is 1. The average molecular weight is 464 g/mol. The second kappa shape index (κ2) is 7.83. The maximum atomic E-state index is 13.9. The Kier molecular flexibility index (Phi) is 5.07. The van der Waals surface area contributed by atoms with Gasteiger partial charge in [0.25, 0.3) is 0 Å². The van der Waals surface area contributed by atoms with Crippen molar-refractivity contribution in [3.63, 3.8) is 0 Å². The van der Waals surface area contributed by atoms with Crippen LogP contribution in [0.2, 0.25) is 0 Å². The average Bonchev–Trinajstić information content (AvgIpc) is 3.46. The minimum absolute atomic E-state index is 0.106. The lowest BCUT2D eigenvalue weighted by molar-refractivity contribution is -0.141. The minimum Gasteiger partial charge on any atom is -0.377 e. The Morgan fingerprint density at radius 2 is 2.06 bits per heavy atom. The van der Waals surface area contributed by atoms with Crippen molar-refractivity contribution in [1.82, 2.24) is 34.7 Å². The largest absolute Gasteiger partial charge is 0.408 e. The van der Waals surface area contributed by atoms with Crippen LogP contribution in [0.15, 0.2) is 24.4 Å². The van der Waals surface area contributed by atoms with Crippen molar-refractivity contribution in [1.29, 1.82) is 0 Å². The molecule has 4 aromatic heterocycles. The number of aryl methyl sites for hydroxylation is 1. The molecule has 1 N–H and O–H groups in total. The van der Waals surface area contributed by atoms with E-state index in [1.807, 2.05) is 11.8 Å². The standard InChI is InChI=1S/C20H20F4N8O/c1-11-9-33-6-5-31(11)15-7-13(14-8-16(21)28-30(14)2)26-18-17(12-3-4-25-27-12)29-32(19(15)18)10-20(22,23)24/h3-4,7-8,11H,5-6,9-10H2,1-2H3,(H,25,27). The molecule has 13 heteroatoms. The topological polar surface area (TPSA) is 89.7 Å². The van der Waals surface area contributed by atoms with Crippen molar-refractivity contribution >= 4 is 16.7 Å². The van der Waals surface area contributed by atoms with E-state index in [1.165, 1.54) is 16.9 Å². The van der Waals surface area contributed by atoms with E-state index in [2.05, 4.69) is 25.4 Å². The van der Waals surface area contributed by atoms with E-state index in [0.717, 1.165) is 4.68 Å². The molecule has 0 aromatic carbocycles. The summed E-state index contributed by atoms with van der Waals surface area (Å²) in [5.41, 5.74) is 2.38. The highest BCUT2D eigenvalue weighted by molar-refractivity contribution is 5.99. The maximum Gasteiger partial charge on any atom is 0.408 e. The van der Waals surface area contributed by atoms with E-state index in [1.54, 1.807) is 19.2 Å². The van der Waals surface area contributed by atoms with Crippen LogP contribution >= 0.6 is 0 Å². The van der Waals surface area contributed by atoms with Crippen LogP contribution in [0.4, 0.5) is 23.2 Å².